The van der Waals surface area contributed by atoms with Crippen LogP contribution < -0.4 is 9.80 Å². The number of rotatable bonds is 4. The lowest BCUT2D eigenvalue weighted by Crippen LogP contribution is -2.25. The van der Waals surface area contributed by atoms with Gasteiger partial charge in [-0.05, 0) is 12.8 Å². The third kappa shape index (κ3) is 3.00. The van der Waals surface area contributed by atoms with E-state index in [1.54, 1.807) is 0 Å². The summed E-state index contributed by atoms with van der Waals surface area (Å²) < 4.78 is 23.9. The molecular weight excluding hydrogens is 316 g/mol. The predicted octanol–water partition coefficient (Wildman–Crippen LogP) is 1.01. The van der Waals surface area contributed by atoms with Crippen molar-refractivity contribution in [1.82, 2.24) is 20.2 Å². The first kappa shape index (κ1) is 15.7. The third-order valence-corrected chi connectivity index (χ3v) is 5.13. The Morgan fingerprint density at radius 1 is 1.35 bits per heavy atom. The van der Waals surface area contributed by atoms with Gasteiger partial charge in [-0.15, -0.1) is 0 Å². The zero-order valence-electron chi connectivity index (χ0n) is 13.4. The maximum Gasteiger partial charge on any atom is 0.178 e. The smallest absolute Gasteiger partial charge is 0.178 e. The average molecular weight is 336 g/mol. The summed E-state index contributed by atoms with van der Waals surface area (Å²) in [6.07, 6.45) is 5.94. The van der Waals surface area contributed by atoms with Crippen molar-refractivity contribution in [1.29, 1.82) is 0 Å². The van der Waals surface area contributed by atoms with E-state index in [0.29, 0.717) is 5.69 Å². The Kier molecular flexibility index (Phi) is 3.97. The minimum absolute atomic E-state index is 0.0767. The van der Waals surface area contributed by atoms with Gasteiger partial charge in [-0.2, -0.15) is 5.10 Å². The number of sulfone groups is 1. The number of H-pyrrole nitrogens is 1. The molecule has 8 nitrogen and oxygen atoms in total. The molecule has 2 aromatic rings. The zero-order valence-corrected chi connectivity index (χ0v) is 14.2. The van der Waals surface area contributed by atoms with E-state index in [2.05, 4.69) is 25.1 Å². The molecule has 0 spiro atoms. The fraction of sp³-hybridized carbons (Fsp3) is 0.500. The van der Waals surface area contributed by atoms with Gasteiger partial charge in [-0.1, -0.05) is 0 Å². The van der Waals surface area contributed by atoms with Crippen LogP contribution in [0.15, 0.2) is 23.5 Å². The maximum atomic E-state index is 11.9. The second-order valence-electron chi connectivity index (χ2n) is 5.90. The molecule has 3 rings (SSSR count). The quantitative estimate of drug-likeness (QED) is 0.890. The standard InChI is InChI=1S/C14H20N6O2S/c1-19(2)12-7-13(16-9-15-12)20-6-4-5-10(20)14-11(8-17-18-14)23(3,21)22/h7-10H,4-6H2,1-3H3,(H,17,18). The molecule has 0 saturated carbocycles. The van der Waals surface area contributed by atoms with Crippen LogP contribution in [-0.4, -0.2) is 55.5 Å². The van der Waals surface area contributed by atoms with Crippen LogP contribution in [0.4, 0.5) is 11.6 Å². The van der Waals surface area contributed by atoms with Crippen LogP contribution in [0.25, 0.3) is 0 Å². The number of anilines is 2. The van der Waals surface area contributed by atoms with E-state index in [1.165, 1.54) is 18.8 Å². The molecule has 1 aliphatic heterocycles. The highest BCUT2D eigenvalue weighted by molar-refractivity contribution is 7.90. The molecule has 2 aromatic heterocycles. The van der Waals surface area contributed by atoms with Crippen LogP contribution in [0.3, 0.4) is 0 Å². The van der Waals surface area contributed by atoms with E-state index in [0.717, 1.165) is 31.0 Å². The maximum absolute atomic E-state index is 11.9. The van der Waals surface area contributed by atoms with Crippen molar-refractivity contribution in [3.05, 3.63) is 24.3 Å². The molecule has 1 unspecified atom stereocenters. The fourth-order valence-corrected chi connectivity index (χ4v) is 3.72. The van der Waals surface area contributed by atoms with Gasteiger partial charge < -0.3 is 9.80 Å². The monoisotopic (exact) mass is 336 g/mol. The van der Waals surface area contributed by atoms with Crippen molar-refractivity contribution in [3.63, 3.8) is 0 Å². The average Bonchev–Trinajstić information content (AvgIpc) is 3.15. The van der Waals surface area contributed by atoms with Crippen LogP contribution >= 0.6 is 0 Å². The Morgan fingerprint density at radius 3 is 2.83 bits per heavy atom. The molecule has 1 saturated heterocycles. The van der Waals surface area contributed by atoms with Crippen molar-refractivity contribution in [3.8, 4) is 0 Å². The van der Waals surface area contributed by atoms with Crippen molar-refractivity contribution in [2.45, 2.75) is 23.8 Å². The van der Waals surface area contributed by atoms with Crippen LogP contribution in [0, 0.1) is 0 Å². The third-order valence-electron chi connectivity index (χ3n) is 4.01. The number of hydrogen-bond acceptors (Lipinski definition) is 7. The number of aromatic amines is 1. The normalized spacial score (nSPS) is 18.4. The van der Waals surface area contributed by atoms with Crippen molar-refractivity contribution >= 4 is 21.5 Å². The molecule has 0 aliphatic carbocycles. The van der Waals surface area contributed by atoms with Gasteiger partial charge >= 0.3 is 0 Å². The summed E-state index contributed by atoms with van der Waals surface area (Å²) in [4.78, 5) is 12.9. The summed E-state index contributed by atoms with van der Waals surface area (Å²) >= 11 is 0. The van der Waals surface area contributed by atoms with E-state index < -0.39 is 9.84 Å². The molecular formula is C14H20N6O2S. The molecule has 0 bridgehead atoms. The van der Waals surface area contributed by atoms with Crippen LogP contribution in [0.5, 0.6) is 0 Å². The Labute approximate surface area is 135 Å². The summed E-state index contributed by atoms with van der Waals surface area (Å²) in [5.41, 5.74) is 0.634. The number of aromatic nitrogens is 4. The highest BCUT2D eigenvalue weighted by atomic mass is 32.2. The Bertz CT molecular complexity index is 801. The van der Waals surface area contributed by atoms with Gasteiger partial charge in [0, 0.05) is 33.0 Å². The second-order valence-corrected chi connectivity index (χ2v) is 7.88. The Hall–Kier alpha value is -2.16. The van der Waals surface area contributed by atoms with Gasteiger partial charge in [0.15, 0.2) is 9.84 Å². The molecule has 23 heavy (non-hydrogen) atoms. The molecule has 1 N–H and O–H groups in total. The topological polar surface area (TPSA) is 95.1 Å². The lowest BCUT2D eigenvalue weighted by molar-refractivity contribution is 0.596. The van der Waals surface area contributed by atoms with Crippen LogP contribution in [-0.2, 0) is 9.84 Å². The summed E-state index contributed by atoms with van der Waals surface area (Å²) in [6, 6.07) is 1.83. The molecule has 124 valence electrons. The number of hydrogen-bond donors (Lipinski definition) is 1. The zero-order chi connectivity index (χ0) is 16.6. The summed E-state index contributed by atoms with van der Waals surface area (Å²) in [5, 5.41) is 6.80. The van der Waals surface area contributed by atoms with E-state index in [4.69, 9.17) is 0 Å². The van der Waals surface area contributed by atoms with Crippen molar-refractivity contribution < 1.29 is 8.42 Å². The minimum Gasteiger partial charge on any atom is -0.363 e. The molecule has 0 aromatic carbocycles. The van der Waals surface area contributed by atoms with Gasteiger partial charge in [-0.25, -0.2) is 18.4 Å². The predicted molar refractivity (Wildman–Crippen MR) is 87.4 cm³/mol. The molecule has 1 aliphatic rings. The van der Waals surface area contributed by atoms with Gasteiger partial charge in [0.05, 0.1) is 17.9 Å². The Balaban J connectivity index is 1.99. The number of nitrogens with zero attached hydrogens (tertiary/aromatic N) is 5. The fourth-order valence-electron chi connectivity index (χ4n) is 2.90. The van der Waals surface area contributed by atoms with E-state index in [9.17, 15) is 8.42 Å². The largest absolute Gasteiger partial charge is 0.363 e. The lowest BCUT2D eigenvalue weighted by Gasteiger charge is -2.26. The second kappa shape index (κ2) is 5.80. The lowest BCUT2D eigenvalue weighted by atomic mass is 10.1. The summed E-state index contributed by atoms with van der Waals surface area (Å²) in [5.74, 6) is 1.61. The minimum atomic E-state index is -3.32. The van der Waals surface area contributed by atoms with Crippen LogP contribution in [0.1, 0.15) is 24.6 Å². The summed E-state index contributed by atoms with van der Waals surface area (Å²) in [7, 11) is 0.526. The van der Waals surface area contributed by atoms with Gasteiger partial charge in [-0.3, -0.25) is 5.10 Å². The van der Waals surface area contributed by atoms with Crippen molar-refractivity contribution in [2.24, 2.45) is 0 Å². The molecule has 0 amide bonds. The van der Waals surface area contributed by atoms with Gasteiger partial charge in [0.2, 0.25) is 0 Å². The highest BCUT2D eigenvalue weighted by Crippen LogP contribution is 2.37. The first-order chi connectivity index (χ1) is 10.9. The van der Waals surface area contributed by atoms with Gasteiger partial charge in [0.1, 0.15) is 22.9 Å². The molecule has 0 radical (unpaired) electrons. The van der Waals surface area contributed by atoms with E-state index in [-0.39, 0.29) is 10.9 Å². The molecule has 3 heterocycles. The van der Waals surface area contributed by atoms with Crippen LogP contribution in [0.2, 0.25) is 0 Å². The van der Waals surface area contributed by atoms with Gasteiger partial charge in [0.25, 0.3) is 0 Å². The molecule has 1 atom stereocenters. The first-order valence-corrected chi connectivity index (χ1v) is 9.26. The van der Waals surface area contributed by atoms with E-state index >= 15 is 0 Å². The summed E-state index contributed by atoms with van der Waals surface area (Å²) in [6.45, 7) is 0.816. The SMILES string of the molecule is CN(C)c1cc(N2CCCC2c2[nH]ncc2S(C)(=O)=O)ncn1. The Morgan fingerprint density at radius 2 is 2.13 bits per heavy atom. The first-order valence-electron chi connectivity index (χ1n) is 7.37. The van der Waals surface area contributed by atoms with Crippen molar-refractivity contribution in [2.75, 3.05) is 36.7 Å². The molecule has 9 heteroatoms. The van der Waals surface area contributed by atoms with E-state index in [1.807, 2.05) is 25.1 Å². The highest BCUT2D eigenvalue weighted by Gasteiger charge is 2.32. The molecule has 1 fully saturated rings. The number of nitrogens with one attached hydrogen (secondary N) is 1.